The van der Waals surface area contributed by atoms with Crippen molar-refractivity contribution in [2.75, 3.05) is 0 Å². The van der Waals surface area contributed by atoms with Crippen LogP contribution in [0.15, 0.2) is 46.1 Å². The standard InChI is InChI=1S/C20H26/c1-14-8-10-15(11-9-14)19-12-17-6-2-4-16-5-3-7-18(13-19)20(16)17/h8,10,12,16,18H,2-7,9,11,13H2,1H3. The van der Waals surface area contributed by atoms with Gasteiger partial charge in [0.05, 0.1) is 0 Å². The van der Waals surface area contributed by atoms with Gasteiger partial charge in [-0.25, -0.2) is 0 Å². The van der Waals surface area contributed by atoms with Gasteiger partial charge in [-0.05, 0) is 86.8 Å². The Kier molecular flexibility index (Phi) is 3.21. The summed E-state index contributed by atoms with van der Waals surface area (Å²) in [6.07, 6.45) is 19.9. The van der Waals surface area contributed by atoms with E-state index in [0.29, 0.717) is 0 Å². The average molecular weight is 266 g/mol. The van der Waals surface area contributed by atoms with Crippen LogP contribution in [0.1, 0.15) is 64.7 Å². The molecule has 1 saturated carbocycles. The van der Waals surface area contributed by atoms with Crippen molar-refractivity contribution < 1.29 is 0 Å². The second-order valence-electron chi connectivity index (χ2n) is 7.28. The van der Waals surface area contributed by atoms with Gasteiger partial charge in [0.2, 0.25) is 0 Å². The van der Waals surface area contributed by atoms with E-state index in [2.05, 4.69) is 25.2 Å². The van der Waals surface area contributed by atoms with Gasteiger partial charge >= 0.3 is 0 Å². The summed E-state index contributed by atoms with van der Waals surface area (Å²) in [7, 11) is 0. The molecule has 0 heterocycles. The molecule has 4 aliphatic rings. The van der Waals surface area contributed by atoms with Gasteiger partial charge in [-0.15, -0.1) is 0 Å². The van der Waals surface area contributed by atoms with Crippen LogP contribution in [0.4, 0.5) is 0 Å². The number of rotatable bonds is 1. The zero-order valence-corrected chi connectivity index (χ0v) is 12.8. The first-order valence-electron chi connectivity index (χ1n) is 8.61. The number of hydrogen-bond acceptors (Lipinski definition) is 0. The minimum absolute atomic E-state index is 0.900. The van der Waals surface area contributed by atoms with E-state index in [1.165, 1.54) is 57.8 Å². The van der Waals surface area contributed by atoms with E-state index < -0.39 is 0 Å². The molecule has 0 aromatic carbocycles. The highest BCUT2D eigenvalue weighted by Gasteiger charge is 2.34. The smallest absolute Gasteiger partial charge is 0.0154 e. The lowest BCUT2D eigenvalue weighted by Crippen LogP contribution is -2.26. The van der Waals surface area contributed by atoms with E-state index in [1.54, 1.807) is 22.3 Å². The molecule has 20 heavy (non-hydrogen) atoms. The van der Waals surface area contributed by atoms with Gasteiger partial charge in [0.1, 0.15) is 0 Å². The lowest BCUT2D eigenvalue weighted by Gasteiger charge is -2.41. The first kappa shape index (κ1) is 12.7. The predicted molar refractivity (Wildman–Crippen MR) is 85.5 cm³/mol. The third-order valence-corrected chi connectivity index (χ3v) is 5.94. The van der Waals surface area contributed by atoms with Crippen molar-refractivity contribution >= 4 is 0 Å². The third-order valence-electron chi connectivity index (χ3n) is 5.94. The molecule has 0 saturated heterocycles. The van der Waals surface area contributed by atoms with Gasteiger partial charge in [0.15, 0.2) is 0 Å². The predicted octanol–water partition coefficient (Wildman–Crippen LogP) is 5.88. The van der Waals surface area contributed by atoms with E-state index >= 15 is 0 Å². The van der Waals surface area contributed by atoms with Crippen molar-refractivity contribution in [3.05, 3.63) is 46.1 Å². The fourth-order valence-electron chi connectivity index (χ4n) is 4.90. The second-order valence-corrected chi connectivity index (χ2v) is 7.28. The summed E-state index contributed by atoms with van der Waals surface area (Å²) < 4.78 is 0. The Labute approximate surface area is 123 Å². The Morgan fingerprint density at radius 2 is 1.70 bits per heavy atom. The van der Waals surface area contributed by atoms with Gasteiger partial charge in [-0.1, -0.05) is 35.8 Å². The van der Waals surface area contributed by atoms with Crippen molar-refractivity contribution in [2.45, 2.75) is 64.7 Å². The highest BCUT2D eigenvalue weighted by atomic mass is 14.4. The topological polar surface area (TPSA) is 0 Å². The largest absolute Gasteiger partial charge is 0.0730 e. The van der Waals surface area contributed by atoms with Crippen molar-refractivity contribution in [2.24, 2.45) is 11.8 Å². The van der Waals surface area contributed by atoms with Crippen LogP contribution in [0.3, 0.4) is 0 Å². The molecule has 0 amide bonds. The molecule has 0 nitrogen and oxygen atoms in total. The normalized spacial score (nSPS) is 33.1. The first-order chi connectivity index (χ1) is 9.81. The average Bonchev–Trinajstić information content (AvgIpc) is 2.48. The Morgan fingerprint density at radius 1 is 0.850 bits per heavy atom. The summed E-state index contributed by atoms with van der Waals surface area (Å²) in [6.45, 7) is 2.26. The lowest BCUT2D eigenvalue weighted by atomic mass is 9.64. The maximum Gasteiger partial charge on any atom is -0.0154 e. The molecule has 2 unspecified atom stereocenters. The zero-order chi connectivity index (χ0) is 13.5. The molecule has 0 radical (unpaired) electrons. The van der Waals surface area contributed by atoms with Crippen molar-refractivity contribution in [3.8, 4) is 0 Å². The first-order valence-corrected chi connectivity index (χ1v) is 8.61. The van der Waals surface area contributed by atoms with E-state index in [1.807, 2.05) is 5.57 Å². The molecule has 0 spiro atoms. The Balaban J connectivity index is 1.70. The van der Waals surface area contributed by atoms with Gasteiger partial charge in [0.25, 0.3) is 0 Å². The number of allylic oxidation sites excluding steroid dienone is 8. The van der Waals surface area contributed by atoms with E-state index in [9.17, 15) is 0 Å². The fourth-order valence-corrected chi connectivity index (χ4v) is 4.90. The van der Waals surface area contributed by atoms with Gasteiger partial charge in [-0.2, -0.15) is 0 Å². The maximum absolute atomic E-state index is 2.60. The van der Waals surface area contributed by atoms with Crippen LogP contribution >= 0.6 is 0 Å². The molecule has 4 rings (SSSR count). The minimum Gasteiger partial charge on any atom is -0.0730 e. The van der Waals surface area contributed by atoms with Crippen LogP contribution in [-0.2, 0) is 0 Å². The van der Waals surface area contributed by atoms with Crippen LogP contribution in [0, 0.1) is 11.8 Å². The van der Waals surface area contributed by atoms with Crippen LogP contribution < -0.4 is 0 Å². The molecule has 1 fully saturated rings. The molecule has 0 N–H and O–H groups in total. The highest BCUT2D eigenvalue weighted by molar-refractivity contribution is 5.48. The van der Waals surface area contributed by atoms with Crippen molar-refractivity contribution in [1.29, 1.82) is 0 Å². The Bertz CT molecular complexity index is 538. The SMILES string of the molecule is CC1=CC=C(C2=CC3=C4C(CCC3)CCCC4C2)CC1. The highest BCUT2D eigenvalue weighted by Crippen LogP contribution is 2.49. The van der Waals surface area contributed by atoms with E-state index in [4.69, 9.17) is 0 Å². The molecule has 0 aromatic heterocycles. The molecule has 0 heteroatoms. The molecule has 0 bridgehead atoms. The molecule has 4 aliphatic carbocycles. The van der Waals surface area contributed by atoms with Crippen molar-refractivity contribution in [3.63, 3.8) is 0 Å². The molecule has 106 valence electrons. The lowest BCUT2D eigenvalue weighted by molar-refractivity contribution is 0.322. The molecule has 0 aliphatic heterocycles. The number of hydrogen-bond donors (Lipinski definition) is 0. The van der Waals surface area contributed by atoms with E-state index in [-0.39, 0.29) is 0 Å². The quantitative estimate of drug-likeness (QED) is 0.556. The second kappa shape index (κ2) is 5.06. The summed E-state index contributed by atoms with van der Waals surface area (Å²) in [5.41, 5.74) is 8.50. The van der Waals surface area contributed by atoms with Crippen LogP contribution in [0.5, 0.6) is 0 Å². The van der Waals surface area contributed by atoms with Gasteiger partial charge in [0, 0.05) is 0 Å². The third kappa shape index (κ3) is 2.14. The van der Waals surface area contributed by atoms with Crippen LogP contribution in [0.25, 0.3) is 0 Å². The minimum atomic E-state index is 0.900. The summed E-state index contributed by atoms with van der Waals surface area (Å²) in [6, 6.07) is 0. The van der Waals surface area contributed by atoms with Crippen LogP contribution in [0.2, 0.25) is 0 Å². The zero-order valence-electron chi connectivity index (χ0n) is 12.8. The Hall–Kier alpha value is -1.04. The summed E-state index contributed by atoms with van der Waals surface area (Å²) in [4.78, 5) is 0. The van der Waals surface area contributed by atoms with Gasteiger partial charge in [-0.3, -0.25) is 0 Å². The molecule has 2 atom stereocenters. The van der Waals surface area contributed by atoms with E-state index in [0.717, 1.165) is 11.8 Å². The van der Waals surface area contributed by atoms with Crippen molar-refractivity contribution in [1.82, 2.24) is 0 Å². The summed E-state index contributed by atoms with van der Waals surface area (Å²) in [5.74, 6) is 1.86. The molecule has 0 aromatic rings. The molecular formula is C20H26. The monoisotopic (exact) mass is 266 g/mol. The summed E-state index contributed by atoms with van der Waals surface area (Å²) >= 11 is 0. The van der Waals surface area contributed by atoms with Crippen LogP contribution in [-0.4, -0.2) is 0 Å². The Morgan fingerprint density at radius 3 is 2.55 bits per heavy atom. The maximum atomic E-state index is 2.60. The fraction of sp³-hybridized carbons (Fsp3) is 0.600. The van der Waals surface area contributed by atoms with Gasteiger partial charge < -0.3 is 0 Å². The summed E-state index contributed by atoms with van der Waals surface area (Å²) in [5, 5.41) is 0. The molecular weight excluding hydrogens is 240 g/mol.